The fourth-order valence-electron chi connectivity index (χ4n) is 3.02. The van der Waals surface area contributed by atoms with Crippen molar-refractivity contribution in [2.24, 2.45) is 7.05 Å². The van der Waals surface area contributed by atoms with Gasteiger partial charge in [0.15, 0.2) is 0 Å². The number of H-pyrrole nitrogens is 1. The van der Waals surface area contributed by atoms with Crippen LogP contribution in [0.4, 0.5) is 0 Å². The Labute approximate surface area is 130 Å². The largest absolute Gasteiger partial charge is 0.495 e. The van der Waals surface area contributed by atoms with Gasteiger partial charge in [0.1, 0.15) is 18.3 Å². The van der Waals surface area contributed by atoms with Crippen LogP contribution in [0.15, 0.2) is 48.5 Å². The number of fused-ring (bicyclic) bond motifs is 4. The van der Waals surface area contributed by atoms with E-state index in [4.69, 9.17) is 4.74 Å². The highest BCUT2D eigenvalue weighted by Gasteiger charge is 2.18. The van der Waals surface area contributed by atoms with E-state index in [9.17, 15) is 0 Å². The monoisotopic (exact) mass is 293 g/mol. The summed E-state index contributed by atoms with van der Waals surface area (Å²) in [5.74, 6) is 0.878. The highest BCUT2D eigenvalue weighted by Crippen LogP contribution is 2.30. The number of aromatic amines is 1. The van der Waals surface area contributed by atoms with Crippen LogP contribution in [0.3, 0.4) is 0 Å². The third-order valence-corrected chi connectivity index (χ3v) is 3.95. The number of hydrogen-bond donors (Lipinski definition) is 1. The highest BCUT2D eigenvalue weighted by atomic mass is 16.5. The molecule has 0 spiro atoms. The van der Waals surface area contributed by atoms with Crippen LogP contribution >= 0.6 is 0 Å². The minimum atomic E-state index is 0.878. The number of para-hydroxylation sites is 2. The smallest absolute Gasteiger partial charge is 0.238 e. The van der Waals surface area contributed by atoms with Crippen molar-refractivity contribution >= 4 is 32.8 Å². The maximum absolute atomic E-state index is 5.45. The Kier molecular flexibility index (Phi) is 3.72. The van der Waals surface area contributed by atoms with E-state index in [1.54, 1.807) is 7.11 Å². The van der Waals surface area contributed by atoms with E-state index in [1.807, 2.05) is 26.0 Å². The molecule has 0 atom stereocenters. The lowest BCUT2D eigenvalue weighted by molar-refractivity contribution is -0.616. The van der Waals surface area contributed by atoms with Crippen LogP contribution in [-0.4, -0.2) is 12.1 Å². The Morgan fingerprint density at radius 3 is 2.55 bits per heavy atom. The first-order chi connectivity index (χ1) is 10.8. The van der Waals surface area contributed by atoms with Crippen molar-refractivity contribution in [2.75, 3.05) is 7.11 Å². The van der Waals surface area contributed by atoms with Crippen LogP contribution in [-0.2, 0) is 7.05 Å². The molecule has 0 aliphatic carbocycles. The molecule has 2 aromatic carbocycles. The molecule has 0 radical (unpaired) electrons. The minimum Gasteiger partial charge on any atom is -0.495 e. The van der Waals surface area contributed by atoms with Crippen molar-refractivity contribution in [2.45, 2.75) is 13.8 Å². The summed E-state index contributed by atoms with van der Waals surface area (Å²) >= 11 is 0. The van der Waals surface area contributed by atoms with Gasteiger partial charge in [-0.05, 0) is 24.3 Å². The first-order valence-corrected chi connectivity index (χ1v) is 7.66. The highest BCUT2D eigenvalue weighted by molar-refractivity contribution is 6.07. The molecule has 0 unspecified atom stereocenters. The quantitative estimate of drug-likeness (QED) is 0.520. The van der Waals surface area contributed by atoms with E-state index < -0.39 is 0 Å². The number of nitrogens with zero attached hydrogens (tertiary/aromatic N) is 1. The van der Waals surface area contributed by atoms with Crippen LogP contribution in [0.5, 0.6) is 5.75 Å². The summed E-state index contributed by atoms with van der Waals surface area (Å²) in [6.45, 7) is 4.00. The Balaban J connectivity index is 0.000000693. The van der Waals surface area contributed by atoms with Gasteiger partial charge in [-0.1, -0.05) is 32.0 Å². The molecule has 4 rings (SSSR count). The average Bonchev–Trinajstić information content (AvgIpc) is 2.95. The number of benzene rings is 2. The summed E-state index contributed by atoms with van der Waals surface area (Å²) in [4.78, 5) is 3.48. The first-order valence-electron chi connectivity index (χ1n) is 7.66. The van der Waals surface area contributed by atoms with Crippen LogP contribution in [0.2, 0.25) is 0 Å². The summed E-state index contributed by atoms with van der Waals surface area (Å²) < 4.78 is 7.69. The zero-order chi connectivity index (χ0) is 15.7. The summed E-state index contributed by atoms with van der Waals surface area (Å²) in [6, 6.07) is 16.8. The van der Waals surface area contributed by atoms with E-state index >= 15 is 0 Å². The maximum atomic E-state index is 5.45. The molecule has 0 aliphatic heterocycles. The molecule has 22 heavy (non-hydrogen) atoms. The van der Waals surface area contributed by atoms with Crippen molar-refractivity contribution < 1.29 is 9.30 Å². The second-order valence-electron chi connectivity index (χ2n) is 5.03. The van der Waals surface area contributed by atoms with E-state index in [2.05, 4.69) is 53.0 Å². The summed E-state index contributed by atoms with van der Waals surface area (Å²) in [5.41, 5.74) is 4.61. The molecule has 0 fully saturated rings. The van der Waals surface area contributed by atoms with Gasteiger partial charge in [0.25, 0.3) is 0 Å². The van der Waals surface area contributed by atoms with Crippen molar-refractivity contribution in [1.82, 2.24) is 4.98 Å². The Morgan fingerprint density at radius 2 is 1.77 bits per heavy atom. The van der Waals surface area contributed by atoms with Gasteiger partial charge in [0.05, 0.1) is 18.0 Å². The maximum Gasteiger partial charge on any atom is 0.238 e. The fraction of sp³-hybridized carbons (Fsp3) is 0.211. The summed E-state index contributed by atoms with van der Waals surface area (Å²) in [5, 5.41) is 2.42. The topological polar surface area (TPSA) is 28.9 Å². The number of pyridine rings is 1. The number of nitrogens with one attached hydrogen (secondary N) is 1. The van der Waals surface area contributed by atoms with Crippen molar-refractivity contribution in [3.8, 4) is 5.75 Å². The summed E-state index contributed by atoms with van der Waals surface area (Å²) in [6.07, 6.45) is 0. The SMILES string of the molecule is CC.COc1cccc2c1[nH]c1cc3ccccc3[n+](C)c12. The lowest BCUT2D eigenvalue weighted by Gasteiger charge is -1.99. The Bertz CT molecular complexity index is 954. The molecule has 0 saturated heterocycles. The van der Waals surface area contributed by atoms with E-state index in [-0.39, 0.29) is 0 Å². The number of methoxy groups -OCH3 is 1. The van der Waals surface area contributed by atoms with Gasteiger partial charge < -0.3 is 9.72 Å². The van der Waals surface area contributed by atoms with E-state index in [0.717, 1.165) is 16.8 Å². The predicted octanol–water partition coefficient (Wildman–Crippen LogP) is 4.33. The summed E-state index contributed by atoms with van der Waals surface area (Å²) in [7, 11) is 3.81. The zero-order valence-electron chi connectivity index (χ0n) is 13.5. The van der Waals surface area contributed by atoms with Gasteiger partial charge in [-0.3, -0.25) is 0 Å². The number of ether oxygens (including phenoxy) is 1. The van der Waals surface area contributed by atoms with Crippen molar-refractivity contribution in [3.05, 3.63) is 48.5 Å². The molecule has 3 heteroatoms. The molecule has 0 amide bonds. The van der Waals surface area contributed by atoms with Gasteiger partial charge in [-0.2, -0.15) is 4.57 Å². The molecular weight excluding hydrogens is 272 g/mol. The lowest BCUT2D eigenvalue weighted by Crippen LogP contribution is -2.29. The minimum absolute atomic E-state index is 0.878. The first kappa shape index (κ1) is 14.4. The van der Waals surface area contributed by atoms with Gasteiger partial charge in [0.2, 0.25) is 11.0 Å². The molecule has 112 valence electrons. The predicted molar refractivity (Wildman–Crippen MR) is 92.4 cm³/mol. The van der Waals surface area contributed by atoms with Crippen LogP contribution < -0.4 is 9.30 Å². The molecular formula is C19H21N2O+. The molecule has 1 N–H and O–H groups in total. The van der Waals surface area contributed by atoms with E-state index in [1.165, 1.54) is 21.8 Å². The van der Waals surface area contributed by atoms with Crippen LogP contribution in [0, 0.1) is 0 Å². The lowest BCUT2D eigenvalue weighted by atomic mass is 10.1. The van der Waals surface area contributed by atoms with Gasteiger partial charge in [-0.25, -0.2) is 0 Å². The van der Waals surface area contributed by atoms with Gasteiger partial charge in [-0.15, -0.1) is 0 Å². The zero-order valence-corrected chi connectivity index (χ0v) is 13.5. The van der Waals surface area contributed by atoms with E-state index in [0.29, 0.717) is 0 Å². The molecule has 0 bridgehead atoms. The Hall–Kier alpha value is -2.55. The second-order valence-corrected chi connectivity index (χ2v) is 5.03. The normalized spacial score (nSPS) is 10.7. The van der Waals surface area contributed by atoms with Crippen LogP contribution in [0.25, 0.3) is 32.8 Å². The van der Waals surface area contributed by atoms with Gasteiger partial charge >= 0.3 is 0 Å². The number of rotatable bonds is 1. The van der Waals surface area contributed by atoms with Gasteiger partial charge in [0, 0.05) is 11.5 Å². The van der Waals surface area contributed by atoms with Crippen LogP contribution in [0.1, 0.15) is 13.8 Å². The molecule has 2 aromatic heterocycles. The number of hydrogen-bond acceptors (Lipinski definition) is 1. The fourth-order valence-corrected chi connectivity index (χ4v) is 3.02. The Morgan fingerprint density at radius 1 is 1.00 bits per heavy atom. The molecule has 3 nitrogen and oxygen atoms in total. The molecule has 2 heterocycles. The average molecular weight is 293 g/mol. The number of aromatic nitrogens is 2. The third kappa shape index (κ3) is 2.01. The molecule has 0 saturated carbocycles. The van der Waals surface area contributed by atoms with Crippen molar-refractivity contribution in [3.63, 3.8) is 0 Å². The molecule has 0 aliphatic rings. The third-order valence-electron chi connectivity index (χ3n) is 3.95. The molecule has 4 aromatic rings. The number of aryl methyl sites for hydroxylation is 1. The standard InChI is InChI=1S/C17H14N2O.C2H6/c1-19-14-8-4-3-6-11(14)10-13-17(19)12-7-5-9-15(20-2)16(12)18-13;1-2/h3-10H,1-2H3;1-2H3/p+1. The second kappa shape index (κ2) is 5.68. The van der Waals surface area contributed by atoms with Crippen molar-refractivity contribution in [1.29, 1.82) is 0 Å².